The number of aryl methyl sites for hydroxylation is 1. The van der Waals surface area contributed by atoms with Gasteiger partial charge in [0.05, 0.1) is 25.4 Å². The maximum Gasteiger partial charge on any atom is 0.124 e. The van der Waals surface area contributed by atoms with Gasteiger partial charge in [-0.05, 0) is 62.0 Å². The molecule has 0 aliphatic heterocycles. The molecule has 2 atom stereocenters. The predicted molar refractivity (Wildman–Crippen MR) is 121 cm³/mol. The Bertz CT molecular complexity index is 799. The zero-order chi connectivity index (χ0) is 21.9. The molecule has 0 aromatic heterocycles. The highest BCUT2D eigenvalue weighted by Crippen LogP contribution is 2.49. The Morgan fingerprint density at radius 3 is 2.47 bits per heavy atom. The van der Waals surface area contributed by atoms with Crippen molar-refractivity contribution in [2.45, 2.75) is 84.0 Å². The van der Waals surface area contributed by atoms with Crippen LogP contribution in [0.25, 0.3) is 0 Å². The number of aliphatic hydroxyl groups is 1. The zero-order valence-electron chi connectivity index (χ0n) is 19.2. The number of allylic oxidation sites excluding steroid dienone is 2. The summed E-state index contributed by atoms with van der Waals surface area (Å²) in [6, 6.07) is 4.28. The van der Waals surface area contributed by atoms with Gasteiger partial charge in [0.15, 0.2) is 0 Å². The summed E-state index contributed by atoms with van der Waals surface area (Å²) in [6.45, 7) is 8.95. The van der Waals surface area contributed by atoms with Gasteiger partial charge in [-0.1, -0.05) is 44.4 Å². The molecule has 2 unspecified atom stereocenters. The molecule has 4 heteroatoms. The van der Waals surface area contributed by atoms with Crippen LogP contribution >= 0.6 is 0 Å². The van der Waals surface area contributed by atoms with Crippen molar-refractivity contribution in [1.29, 1.82) is 0 Å². The number of ether oxygens (including phenoxy) is 2. The highest BCUT2D eigenvalue weighted by Gasteiger charge is 2.39. The summed E-state index contributed by atoms with van der Waals surface area (Å²) in [5, 5.41) is 21.3. The van der Waals surface area contributed by atoms with Crippen LogP contribution in [-0.2, 0) is 21.5 Å². The molecular formula is C26H38O4. The number of aromatic hydroxyl groups is 1. The molecule has 30 heavy (non-hydrogen) atoms. The van der Waals surface area contributed by atoms with Gasteiger partial charge in [-0.25, -0.2) is 0 Å². The van der Waals surface area contributed by atoms with Crippen LogP contribution in [0.1, 0.15) is 69.6 Å². The van der Waals surface area contributed by atoms with Gasteiger partial charge in [0.1, 0.15) is 5.75 Å². The molecule has 2 N–H and O–H groups in total. The first-order valence-corrected chi connectivity index (χ1v) is 11.3. The smallest absolute Gasteiger partial charge is 0.124 e. The zero-order valence-corrected chi connectivity index (χ0v) is 19.2. The minimum atomic E-state index is -0.501. The van der Waals surface area contributed by atoms with Crippen LogP contribution in [0.15, 0.2) is 35.4 Å². The van der Waals surface area contributed by atoms with Gasteiger partial charge < -0.3 is 19.7 Å². The molecule has 0 heterocycles. The average Bonchev–Trinajstić information content (AvgIpc) is 2.72. The molecule has 4 nitrogen and oxygen atoms in total. The quantitative estimate of drug-likeness (QED) is 0.632. The minimum Gasteiger partial charge on any atom is -0.507 e. The summed E-state index contributed by atoms with van der Waals surface area (Å²) in [7, 11) is 1.66. The SMILES string of the molecule is COCc1cc(C2(C3=CC(C)C(O)C(COC(C)C)=C3)CCCCC2)cc(C)c1O. The second kappa shape index (κ2) is 9.67. The lowest BCUT2D eigenvalue weighted by Gasteiger charge is -2.42. The third kappa shape index (κ3) is 4.66. The molecular weight excluding hydrogens is 376 g/mol. The van der Waals surface area contributed by atoms with E-state index in [0.29, 0.717) is 19.0 Å². The van der Waals surface area contributed by atoms with E-state index in [2.05, 4.69) is 31.2 Å². The number of hydrogen-bond donors (Lipinski definition) is 2. The number of rotatable bonds is 7. The van der Waals surface area contributed by atoms with Crippen molar-refractivity contribution in [2.24, 2.45) is 5.92 Å². The van der Waals surface area contributed by atoms with E-state index in [9.17, 15) is 10.2 Å². The van der Waals surface area contributed by atoms with Crippen molar-refractivity contribution >= 4 is 0 Å². The summed E-state index contributed by atoms with van der Waals surface area (Å²) in [5.41, 5.74) is 5.13. The summed E-state index contributed by atoms with van der Waals surface area (Å²) in [5.74, 6) is 0.376. The standard InChI is InChI=1S/C26H38O4/c1-17(2)30-16-21-14-23(12-19(4)25(21)28)26(9-7-6-8-10-26)22-11-18(3)24(27)20(13-22)15-29-5/h11-14,17,19,25,27-28H,6-10,15-16H2,1-5H3. The van der Waals surface area contributed by atoms with Crippen LogP contribution < -0.4 is 0 Å². The van der Waals surface area contributed by atoms with Crippen molar-refractivity contribution in [3.63, 3.8) is 0 Å². The molecule has 1 saturated carbocycles. The summed E-state index contributed by atoms with van der Waals surface area (Å²) in [4.78, 5) is 0. The van der Waals surface area contributed by atoms with E-state index in [1.165, 1.54) is 30.4 Å². The molecule has 3 rings (SSSR count). The van der Waals surface area contributed by atoms with Crippen LogP contribution in [0.3, 0.4) is 0 Å². The van der Waals surface area contributed by atoms with Crippen molar-refractivity contribution < 1.29 is 19.7 Å². The topological polar surface area (TPSA) is 58.9 Å². The number of phenolic OH excluding ortho intramolecular Hbond substituents is 1. The largest absolute Gasteiger partial charge is 0.507 e. The lowest BCUT2D eigenvalue weighted by Crippen LogP contribution is -2.35. The lowest BCUT2D eigenvalue weighted by atomic mass is 9.62. The Labute approximate surface area is 181 Å². The van der Waals surface area contributed by atoms with Crippen molar-refractivity contribution in [3.05, 3.63) is 52.1 Å². The molecule has 2 aliphatic rings. The van der Waals surface area contributed by atoms with Gasteiger partial charge in [-0.3, -0.25) is 0 Å². The van der Waals surface area contributed by atoms with E-state index in [1.54, 1.807) is 7.11 Å². The van der Waals surface area contributed by atoms with E-state index in [4.69, 9.17) is 9.47 Å². The molecule has 0 radical (unpaired) electrons. The monoisotopic (exact) mass is 414 g/mol. The molecule has 166 valence electrons. The molecule has 0 amide bonds. The van der Waals surface area contributed by atoms with E-state index in [-0.39, 0.29) is 17.4 Å². The maximum atomic E-state index is 10.8. The average molecular weight is 415 g/mol. The summed E-state index contributed by atoms with van der Waals surface area (Å²) >= 11 is 0. The maximum absolute atomic E-state index is 10.8. The summed E-state index contributed by atoms with van der Waals surface area (Å²) in [6.07, 6.45) is 9.84. The van der Waals surface area contributed by atoms with Crippen LogP contribution in [-0.4, -0.2) is 36.1 Å². The Kier molecular flexibility index (Phi) is 7.43. The van der Waals surface area contributed by atoms with Gasteiger partial charge in [0, 0.05) is 24.0 Å². The van der Waals surface area contributed by atoms with Crippen LogP contribution in [0.4, 0.5) is 0 Å². The van der Waals surface area contributed by atoms with Crippen molar-refractivity contribution in [3.8, 4) is 5.75 Å². The summed E-state index contributed by atoms with van der Waals surface area (Å²) < 4.78 is 11.2. The molecule has 0 saturated heterocycles. The number of aliphatic hydroxyl groups excluding tert-OH is 1. The van der Waals surface area contributed by atoms with Crippen molar-refractivity contribution in [1.82, 2.24) is 0 Å². The normalized spacial score (nSPS) is 24.0. The van der Waals surface area contributed by atoms with Gasteiger partial charge in [0.2, 0.25) is 0 Å². The third-order valence-corrected chi connectivity index (χ3v) is 6.74. The third-order valence-electron chi connectivity index (χ3n) is 6.74. The molecule has 2 aliphatic carbocycles. The van der Waals surface area contributed by atoms with E-state index >= 15 is 0 Å². The van der Waals surface area contributed by atoms with Gasteiger partial charge in [-0.15, -0.1) is 0 Å². The first-order chi connectivity index (χ1) is 14.3. The number of methoxy groups -OCH3 is 1. The number of hydrogen-bond acceptors (Lipinski definition) is 4. The van der Waals surface area contributed by atoms with E-state index in [0.717, 1.165) is 29.5 Å². The number of benzene rings is 1. The van der Waals surface area contributed by atoms with Gasteiger partial charge >= 0.3 is 0 Å². The van der Waals surface area contributed by atoms with E-state index in [1.807, 2.05) is 20.8 Å². The fourth-order valence-corrected chi connectivity index (χ4v) is 5.03. The first kappa shape index (κ1) is 23.1. The lowest BCUT2D eigenvalue weighted by molar-refractivity contribution is 0.0736. The van der Waals surface area contributed by atoms with Gasteiger partial charge in [0.25, 0.3) is 0 Å². The fraction of sp³-hybridized carbons (Fsp3) is 0.615. The van der Waals surface area contributed by atoms with Crippen LogP contribution in [0, 0.1) is 12.8 Å². The Balaban J connectivity index is 2.09. The van der Waals surface area contributed by atoms with Crippen LogP contribution in [0.5, 0.6) is 5.75 Å². The molecule has 1 aromatic carbocycles. The second-order valence-electron chi connectivity index (χ2n) is 9.38. The number of phenols is 1. The molecule has 1 aromatic rings. The molecule has 1 fully saturated rings. The molecule has 0 bridgehead atoms. The minimum absolute atomic E-state index is 0.0474. The highest BCUT2D eigenvalue weighted by molar-refractivity contribution is 5.52. The second-order valence-corrected chi connectivity index (χ2v) is 9.38. The van der Waals surface area contributed by atoms with Gasteiger partial charge in [-0.2, -0.15) is 0 Å². The molecule has 0 spiro atoms. The predicted octanol–water partition coefficient (Wildman–Crippen LogP) is 5.34. The Morgan fingerprint density at radius 2 is 1.83 bits per heavy atom. The Morgan fingerprint density at radius 1 is 1.13 bits per heavy atom. The fourth-order valence-electron chi connectivity index (χ4n) is 5.03. The van der Waals surface area contributed by atoms with E-state index < -0.39 is 6.10 Å². The highest BCUT2D eigenvalue weighted by atomic mass is 16.5. The van der Waals surface area contributed by atoms with Crippen LogP contribution in [0.2, 0.25) is 0 Å². The first-order valence-electron chi connectivity index (χ1n) is 11.3. The van der Waals surface area contributed by atoms with Crippen molar-refractivity contribution in [2.75, 3.05) is 13.7 Å². The Hall–Kier alpha value is -1.62.